The van der Waals surface area contributed by atoms with Crippen molar-refractivity contribution in [1.82, 2.24) is 10.3 Å². The van der Waals surface area contributed by atoms with Gasteiger partial charge in [-0.15, -0.1) is 0 Å². The molecule has 0 saturated heterocycles. The largest absolute Gasteiger partial charge is 0.314 e. The minimum absolute atomic E-state index is 0.773. The number of nitrogens with zero attached hydrogens (tertiary/aromatic N) is 1. The molecule has 1 aromatic heterocycles. The summed E-state index contributed by atoms with van der Waals surface area (Å²) in [5.74, 6) is 2.50. The van der Waals surface area contributed by atoms with Crippen LogP contribution in [0.3, 0.4) is 0 Å². The van der Waals surface area contributed by atoms with Crippen LogP contribution >= 0.6 is 11.6 Å². The van der Waals surface area contributed by atoms with E-state index in [1.165, 1.54) is 50.6 Å². The molecule has 21 heavy (non-hydrogen) atoms. The van der Waals surface area contributed by atoms with E-state index in [2.05, 4.69) is 23.3 Å². The average Bonchev–Trinajstić information content (AvgIpc) is 3.32. The fourth-order valence-electron chi connectivity index (χ4n) is 3.77. The predicted molar refractivity (Wildman–Crippen MR) is 88.6 cm³/mol. The first-order valence-corrected chi connectivity index (χ1v) is 8.95. The maximum Gasteiger partial charge on any atom is 0.0621 e. The molecule has 2 fully saturated rings. The summed E-state index contributed by atoms with van der Waals surface area (Å²) in [7, 11) is 0. The summed E-state index contributed by atoms with van der Waals surface area (Å²) in [6.45, 7) is 3.54. The lowest BCUT2D eigenvalue weighted by molar-refractivity contribution is 0.171. The van der Waals surface area contributed by atoms with Gasteiger partial charge in [-0.25, -0.2) is 0 Å². The Labute approximate surface area is 133 Å². The molecule has 0 radical (unpaired) electrons. The lowest BCUT2D eigenvalue weighted by Gasteiger charge is -2.36. The van der Waals surface area contributed by atoms with Crippen molar-refractivity contribution in [3.63, 3.8) is 0 Å². The zero-order chi connectivity index (χ0) is 14.7. The number of hydrogen-bond donors (Lipinski definition) is 1. The van der Waals surface area contributed by atoms with Gasteiger partial charge in [0.2, 0.25) is 0 Å². The van der Waals surface area contributed by atoms with E-state index in [1.807, 2.05) is 6.20 Å². The molecule has 2 nitrogen and oxygen atoms in total. The van der Waals surface area contributed by atoms with Gasteiger partial charge >= 0.3 is 0 Å². The molecule has 0 aliphatic heterocycles. The smallest absolute Gasteiger partial charge is 0.0621 e. The quantitative estimate of drug-likeness (QED) is 0.838. The number of nitrogens with one attached hydrogen (secondary N) is 1. The molecular weight excluding hydrogens is 280 g/mol. The van der Waals surface area contributed by atoms with Gasteiger partial charge in [0, 0.05) is 18.4 Å². The Hall–Kier alpha value is -0.600. The van der Waals surface area contributed by atoms with Gasteiger partial charge in [-0.2, -0.15) is 0 Å². The van der Waals surface area contributed by atoms with Crippen LogP contribution in [-0.4, -0.2) is 17.6 Å². The summed E-state index contributed by atoms with van der Waals surface area (Å²) < 4.78 is 0. The normalized spacial score (nSPS) is 29.5. The maximum absolute atomic E-state index is 6.32. The summed E-state index contributed by atoms with van der Waals surface area (Å²) in [4.78, 5) is 4.11. The Balaban J connectivity index is 1.65. The van der Waals surface area contributed by atoms with Crippen molar-refractivity contribution in [2.24, 2.45) is 17.8 Å². The molecule has 1 N–H and O–H groups in total. The third-order valence-corrected chi connectivity index (χ3v) is 5.75. The van der Waals surface area contributed by atoms with Crippen LogP contribution in [0.15, 0.2) is 18.5 Å². The monoisotopic (exact) mass is 306 g/mol. The van der Waals surface area contributed by atoms with Crippen molar-refractivity contribution < 1.29 is 0 Å². The lowest BCUT2D eigenvalue weighted by Crippen LogP contribution is -2.35. The Kier molecular flexibility index (Phi) is 5.18. The van der Waals surface area contributed by atoms with Crippen LogP contribution in [0.5, 0.6) is 0 Å². The fourth-order valence-corrected chi connectivity index (χ4v) is 3.97. The molecule has 1 aromatic rings. The van der Waals surface area contributed by atoms with E-state index in [9.17, 15) is 0 Å². The molecule has 1 heterocycles. The molecule has 0 aromatic carbocycles. The van der Waals surface area contributed by atoms with Crippen LogP contribution in [0.2, 0.25) is 5.02 Å². The van der Waals surface area contributed by atoms with Crippen LogP contribution in [0.25, 0.3) is 0 Å². The maximum atomic E-state index is 6.32. The van der Waals surface area contributed by atoms with Crippen molar-refractivity contribution in [1.29, 1.82) is 0 Å². The second kappa shape index (κ2) is 7.11. The molecule has 3 rings (SSSR count). The SMILES string of the molecule is CCC1CCC(CNC2CC2)C(Cc2ccncc2Cl)C1. The second-order valence-corrected chi connectivity index (χ2v) is 7.37. The highest BCUT2D eigenvalue weighted by molar-refractivity contribution is 6.31. The van der Waals surface area contributed by atoms with Crippen LogP contribution in [0.4, 0.5) is 0 Å². The zero-order valence-corrected chi connectivity index (χ0v) is 13.8. The average molecular weight is 307 g/mol. The lowest BCUT2D eigenvalue weighted by atomic mass is 9.71. The predicted octanol–water partition coefficient (Wildman–Crippen LogP) is 4.47. The van der Waals surface area contributed by atoms with Crippen LogP contribution in [-0.2, 0) is 6.42 Å². The summed E-state index contributed by atoms with van der Waals surface area (Å²) in [6.07, 6.45) is 13.0. The molecule has 3 atom stereocenters. The van der Waals surface area contributed by atoms with E-state index in [-0.39, 0.29) is 0 Å². The van der Waals surface area contributed by atoms with Crippen molar-refractivity contribution in [2.75, 3.05) is 6.54 Å². The summed E-state index contributed by atoms with van der Waals surface area (Å²) in [5.41, 5.74) is 1.28. The third-order valence-electron chi connectivity index (χ3n) is 5.41. The van der Waals surface area contributed by atoms with Crippen LogP contribution in [0, 0.1) is 17.8 Å². The van der Waals surface area contributed by atoms with Gasteiger partial charge in [-0.3, -0.25) is 4.98 Å². The molecule has 116 valence electrons. The second-order valence-electron chi connectivity index (χ2n) is 6.96. The molecule has 2 saturated carbocycles. The molecule has 0 bridgehead atoms. The highest BCUT2D eigenvalue weighted by Crippen LogP contribution is 2.38. The van der Waals surface area contributed by atoms with Crippen molar-refractivity contribution in [3.8, 4) is 0 Å². The molecule has 3 heteroatoms. The Morgan fingerprint density at radius 3 is 2.81 bits per heavy atom. The van der Waals surface area contributed by atoms with E-state index in [1.54, 1.807) is 6.20 Å². The summed E-state index contributed by atoms with van der Waals surface area (Å²) >= 11 is 6.32. The first kappa shape index (κ1) is 15.3. The first-order chi connectivity index (χ1) is 10.3. The number of pyridine rings is 1. The molecule has 0 spiro atoms. The standard InChI is InChI=1S/C18H27ClN2/c1-2-13-3-4-15(11-21-17-5-6-17)16(9-13)10-14-7-8-20-12-18(14)19/h7-8,12-13,15-17,21H,2-6,9-11H2,1H3. The Bertz CT molecular complexity index is 458. The minimum Gasteiger partial charge on any atom is -0.314 e. The van der Waals surface area contributed by atoms with Gasteiger partial charge in [0.25, 0.3) is 0 Å². The molecule has 2 aliphatic carbocycles. The third kappa shape index (κ3) is 4.20. The van der Waals surface area contributed by atoms with Gasteiger partial charge in [-0.05, 0) is 68.0 Å². The number of aromatic nitrogens is 1. The Morgan fingerprint density at radius 2 is 2.10 bits per heavy atom. The zero-order valence-electron chi connectivity index (χ0n) is 13.0. The highest BCUT2D eigenvalue weighted by atomic mass is 35.5. The summed E-state index contributed by atoms with van der Waals surface area (Å²) in [5, 5.41) is 4.58. The number of halogens is 1. The van der Waals surface area contributed by atoms with Gasteiger partial charge in [0.1, 0.15) is 0 Å². The van der Waals surface area contributed by atoms with Gasteiger partial charge in [0.05, 0.1) is 5.02 Å². The number of rotatable bonds is 6. The Morgan fingerprint density at radius 1 is 1.24 bits per heavy atom. The molecule has 0 amide bonds. The van der Waals surface area contributed by atoms with Gasteiger partial charge in [-0.1, -0.05) is 31.4 Å². The van der Waals surface area contributed by atoms with E-state index in [0.717, 1.165) is 35.2 Å². The van der Waals surface area contributed by atoms with Gasteiger partial charge < -0.3 is 5.32 Å². The van der Waals surface area contributed by atoms with E-state index in [4.69, 9.17) is 11.6 Å². The fraction of sp³-hybridized carbons (Fsp3) is 0.722. The summed E-state index contributed by atoms with van der Waals surface area (Å²) in [6, 6.07) is 2.92. The topological polar surface area (TPSA) is 24.9 Å². The van der Waals surface area contributed by atoms with E-state index in [0.29, 0.717) is 0 Å². The first-order valence-electron chi connectivity index (χ1n) is 8.58. The van der Waals surface area contributed by atoms with Crippen LogP contribution in [0.1, 0.15) is 51.0 Å². The molecular formula is C18H27ClN2. The van der Waals surface area contributed by atoms with Crippen molar-refractivity contribution in [2.45, 2.75) is 57.9 Å². The van der Waals surface area contributed by atoms with E-state index < -0.39 is 0 Å². The van der Waals surface area contributed by atoms with E-state index >= 15 is 0 Å². The molecule has 3 unspecified atom stereocenters. The van der Waals surface area contributed by atoms with Crippen LogP contribution < -0.4 is 5.32 Å². The van der Waals surface area contributed by atoms with Crippen molar-refractivity contribution >= 4 is 11.6 Å². The molecule has 2 aliphatic rings. The van der Waals surface area contributed by atoms with Crippen molar-refractivity contribution in [3.05, 3.63) is 29.0 Å². The highest BCUT2D eigenvalue weighted by Gasteiger charge is 2.31. The number of hydrogen-bond acceptors (Lipinski definition) is 2. The minimum atomic E-state index is 0.773. The van der Waals surface area contributed by atoms with Gasteiger partial charge in [0.15, 0.2) is 0 Å².